The fourth-order valence-corrected chi connectivity index (χ4v) is 7.69. The van der Waals surface area contributed by atoms with Crippen LogP contribution in [-0.2, 0) is 0 Å². The van der Waals surface area contributed by atoms with E-state index in [0.29, 0.717) is 0 Å². The molecule has 0 saturated carbocycles. The molecule has 0 unspecified atom stereocenters. The van der Waals surface area contributed by atoms with Crippen LogP contribution in [0.15, 0.2) is 176 Å². The van der Waals surface area contributed by atoms with Crippen molar-refractivity contribution in [2.45, 2.75) is 6.92 Å². The van der Waals surface area contributed by atoms with E-state index in [1.807, 2.05) is 42.7 Å². The van der Waals surface area contributed by atoms with Crippen molar-refractivity contribution in [3.8, 4) is 45.4 Å². The van der Waals surface area contributed by atoms with Gasteiger partial charge in [-0.1, -0.05) is 84.9 Å². The topological polar surface area (TPSA) is 44.9 Å². The average Bonchev–Trinajstić information content (AvgIpc) is 3.71. The minimum atomic E-state index is 0.746. The van der Waals surface area contributed by atoms with Crippen molar-refractivity contribution in [1.29, 1.82) is 0 Å². The van der Waals surface area contributed by atoms with E-state index >= 15 is 0 Å². The van der Waals surface area contributed by atoms with Crippen LogP contribution in [-0.4, -0.2) is 19.1 Å². The molecule has 52 heavy (non-hydrogen) atoms. The number of aromatic nitrogens is 4. The molecule has 246 valence electrons. The smallest absolute Gasteiger partial charge is 0.137 e. The number of para-hydroxylation sites is 2. The Bertz CT molecular complexity index is 2930. The summed E-state index contributed by atoms with van der Waals surface area (Å²) < 4.78 is 11.2. The van der Waals surface area contributed by atoms with E-state index in [2.05, 4.69) is 150 Å². The summed E-state index contributed by atoms with van der Waals surface area (Å²) in [7, 11) is 0. The van der Waals surface area contributed by atoms with Crippen LogP contribution in [0, 0.1) is 6.92 Å². The van der Waals surface area contributed by atoms with Crippen molar-refractivity contribution < 1.29 is 4.74 Å². The van der Waals surface area contributed by atoms with E-state index in [-0.39, 0.29) is 0 Å². The SMILES string of the molecule is Cc1cc(-c2cccc(Oc3ccc4c5c6c7ccccc7n(-c7ccccc7)c6ccc5n(-c5ccccn5)c4c3)c2)ncc1-c1ccccc1. The molecule has 0 radical (unpaired) electrons. The van der Waals surface area contributed by atoms with Crippen LogP contribution in [0.4, 0.5) is 0 Å². The monoisotopic (exact) mass is 668 g/mol. The second kappa shape index (κ2) is 12.1. The third-order valence-electron chi connectivity index (χ3n) is 9.99. The number of hydrogen-bond donors (Lipinski definition) is 0. The van der Waals surface area contributed by atoms with Gasteiger partial charge in [0.15, 0.2) is 0 Å². The van der Waals surface area contributed by atoms with Crippen LogP contribution < -0.4 is 4.74 Å². The minimum Gasteiger partial charge on any atom is -0.457 e. The Balaban J connectivity index is 1.12. The third-order valence-corrected chi connectivity index (χ3v) is 9.99. The van der Waals surface area contributed by atoms with E-state index < -0.39 is 0 Å². The molecule has 0 saturated heterocycles. The number of nitrogens with zero attached hydrogens (tertiary/aromatic N) is 4. The van der Waals surface area contributed by atoms with Crippen molar-refractivity contribution >= 4 is 43.6 Å². The highest BCUT2D eigenvalue weighted by Gasteiger charge is 2.21. The Hall–Kier alpha value is -6.98. The molecule has 0 atom stereocenters. The number of benzene rings is 6. The molecule has 4 heterocycles. The first kappa shape index (κ1) is 29.9. The van der Waals surface area contributed by atoms with Crippen LogP contribution >= 0.6 is 0 Å². The molecule has 5 nitrogen and oxygen atoms in total. The zero-order chi connectivity index (χ0) is 34.6. The molecule has 0 fully saturated rings. The Morgan fingerprint density at radius 1 is 0.481 bits per heavy atom. The number of rotatable bonds is 6. The fraction of sp³-hybridized carbons (Fsp3) is 0.0213. The Kier molecular flexibility index (Phi) is 6.96. The van der Waals surface area contributed by atoms with Crippen molar-refractivity contribution in [2.75, 3.05) is 0 Å². The molecule has 5 heteroatoms. The Labute approximate surface area is 300 Å². The number of ether oxygens (including phenoxy) is 1. The van der Waals surface area contributed by atoms with Crippen molar-refractivity contribution in [1.82, 2.24) is 19.1 Å². The molecule has 0 N–H and O–H groups in total. The molecule has 0 aliphatic rings. The molecule has 0 bridgehead atoms. The summed E-state index contributed by atoms with van der Waals surface area (Å²) in [5.41, 5.74) is 11.0. The van der Waals surface area contributed by atoms with Gasteiger partial charge in [-0.3, -0.25) is 9.55 Å². The molecule has 10 rings (SSSR count). The second-order valence-corrected chi connectivity index (χ2v) is 13.1. The number of fused-ring (bicyclic) bond motifs is 7. The maximum absolute atomic E-state index is 6.61. The van der Waals surface area contributed by atoms with Gasteiger partial charge in [0.05, 0.1) is 27.8 Å². The Morgan fingerprint density at radius 3 is 1.96 bits per heavy atom. The van der Waals surface area contributed by atoms with Crippen LogP contribution in [0.1, 0.15) is 5.56 Å². The lowest BCUT2D eigenvalue weighted by atomic mass is 10.0. The highest BCUT2D eigenvalue weighted by atomic mass is 16.5. The normalized spacial score (nSPS) is 11.6. The van der Waals surface area contributed by atoms with Gasteiger partial charge in [0, 0.05) is 56.8 Å². The average molecular weight is 669 g/mol. The lowest BCUT2D eigenvalue weighted by Crippen LogP contribution is -1.97. The molecular weight excluding hydrogens is 637 g/mol. The van der Waals surface area contributed by atoms with Gasteiger partial charge in [0.2, 0.25) is 0 Å². The standard InChI is InChI=1S/C47H32N4O/c1-31-27-40(49-30-39(31)32-13-4-2-5-14-32)33-15-12-18-35(28-33)52-36-22-23-38-44(29-36)51(45-21-10-11-26-48-45)43-25-24-42-46(47(38)43)37-19-8-9-20-41(37)50(42)34-16-6-3-7-17-34/h2-30H,1H3. The van der Waals surface area contributed by atoms with E-state index in [9.17, 15) is 0 Å². The maximum atomic E-state index is 6.61. The van der Waals surface area contributed by atoms with Crippen LogP contribution in [0.2, 0.25) is 0 Å². The lowest BCUT2D eigenvalue weighted by molar-refractivity contribution is 0.483. The largest absolute Gasteiger partial charge is 0.457 e. The molecule has 0 aliphatic heterocycles. The quantitative estimate of drug-likeness (QED) is 0.177. The molecule has 0 aliphatic carbocycles. The fourth-order valence-electron chi connectivity index (χ4n) is 7.69. The summed E-state index contributed by atoms with van der Waals surface area (Å²) >= 11 is 0. The van der Waals surface area contributed by atoms with E-state index in [1.54, 1.807) is 0 Å². The highest BCUT2D eigenvalue weighted by Crippen LogP contribution is 2.43. The van der Waals surface area contributed by atoms with Crippen molar-refractivity contribution in [2.24, 2.45) is 0 Å². The first-order valence-electron chi connectivity index (χ1n) is 17.5. The zero-order valence-electron chi connectivity index (χ0n) is 28.4. The molecular formula is C47H32N4O. The van der Waals surface area contributed by atoms with Crippen molar-refractivity contribution in [3.63, 3.8) is 0 Å². The molecule has 0 amide bonds. The summed E-state index contributed by atoms with van der Waals surface area (Å²) in [5, 5.41) is 4.77. The highest BCUT2D eigenvalue weighted by molar-refractivity contribution is 6.29. The van der Waals surface area contributed by atoms with Gasteiger partial charge in [-0.05, 0) is 90.8 Å². The molecule has 0 spiro atoms. The predicted molar refractivity (Wildman–Crippen MR) is 213 cm³/mol. The van der Waals surface area contributed by atoms with Gasteiger partial charge < -0.3 is 9.30 Å². The summed E-state index contributed by atoms with van der Waals surface area (Å²) in [6.45, 7) is 2.14. The van der Waals surface area contributed by atoms with Gasteiger partial charge in [-0.2, -0.15) is 0 Å². The van der Waals surface area contributed by atoms with E-state index in [1.165, 1.54) is 27.2 Å². The van der Waals surface area contributed by atoms with Gasteiger partial charge in [-0.15, -0.1) is 0 Å². The number of pyridine rings is 2. The maximum Gasteiger partial charge on any atom is 0.137 e. The van der Waals surface area contributed by atoms with Gasteiger partial charge in [0.1, 0.15) is 17.3 Å². The van der Waals surface area contributed by atoms with Crippen LogP contribution in [0.5, 0.6) is 11.5 Å². The van der Waals surface area contributed by atoms with Gasteiger partial charge >= 0.3 is 0 Å². The second-order valence-electron chi connectivity index (χ2n) is 13.1. The lowest BCUT2D eigenvalue weighted by Gasteiger charge is -2.11. The molecule has 6 aromatic carbocycles. The third kappa shape index (κ3) is 4.86. The van der Waals surface area contributed by atoms with Gasteiger partial charge in [-0.25, -0.2) is 4.98 Å². The van der Waals surface area contributed by atoms with E-state index in [4.69, 9.17) is 14.7 Å². The van der Waals surface area contributed by atoms with Crippen molar-refractivity contribution in [3.05, 3.63) is 182 Å². The summed E-state index contributed by atoms with van der Waals surface area (Å²) in [5.74, 6) is 2.35. The predicted octanol–water partition coefficient (Wildman–Crippen LogP) is 12.1. The van der Waals surface area contributed by atoms with Crippen LogP contribution in [0.25, 0.3) is 77.5 Å². The minimum absolute atomic E-state index is 0.746. The number of aryl methyl sites for hydroxylation is 1. The zero-order valence-corrected chi connectivity index (χ0v) is 28.4. The number of hydrogen-bond acceptors (Lipinski definition) is 3. The van der Waals surface area contributed by atoms with Crippen LogP contribution in [0.3, 0.4) is 0 Å². The van der Waals surface area contributed by atoms with E-state index in [0.717, 1.165) is 67.3 Å². The first-order valence-corrected chi connectivity index (χ1v) is 17.5. The Morgan fingerprint density at radius 2 is 1.17 bits per heavy atom. The summed E-state index contributed by atoms with van der Waals surface area (Å²) in [6, 6.07) is 56.9. The molecule has 4 aromatic heterocycles. The first-order chi connectivity index (χ1) is 25.7. The molecule has 10 aromatic rings. The summed E-state index contributed by atoms with van der Waals surface area (Å²) in [6.07, 6.45) is 3.81. The summed E-state index contributed by atoms with van der Waals surface area (Å²) in [4.78, 5) is 9.66. The van der Waals surface area contributed by atoms with Gasteiger partial charge in [0.25, 0.3) is 0 Å².